The monoisotopic (exact) mass is 348 g/mol. The van der Waals surface area contributed by atoms with Gasteiger partial charge in [-0.1, -0.05) is 13.8 Å². The van der Waals surface area contributed by atoms with Gasteiger partial charge in [-0.05, 0) is 58.5 Å². The molecule has 0 radical (unpaired) electrons. The first-order chi connectivity index (χ1) is 11.8. The number of aromatic amines is 1. The molecule has 1 aliphatic carbocycles. The molecule has 1 spiro atoms. The average Bonchev–Trinajstić information content (AvgIpc) is 3.07. The van der Waals surface area contributed by atoms with Gasteiger partial charge in [-0.15, -0.1) is 0 Å². The quantitative estimate of drug-likeness (QED) is 0.829. The number of likely N-dealkylation sites (N-methyl/N-ethyl adjacent to an activating group) is 2. The summed E-state index contributed by atoms with van der Waals surface area (Å²) in [4.78, 5) is 2.38. The van der Waals surface area contributed by atoms with E-state index < -0.39 is 0 Å². The first-order valence-electron chi connectivity index (χ1n) is 9.85. The molecule has 5 heteroatoms. The Hall–Kier alpha value is -0.910. The molecule has 1 aromatic heterocycles. The molecule has 1 saturated heterocycles. The van der Waals surface area contributed by atoms with Gasteiger partial charge in [0.05, 0.1) is 17.9 Å². The largest absolute Gasteiger partial charge is 0.374 e. The summed E-state index contributed by atoms with van der Waals surface area (Å²) in [5.41, 5.74) is 4.43. The maximum atomic E-state index is 6.28. The molecule has 0 amide bonds. The predicted octanol–water partition coefficient (Wildman–Crippen LogP) is 3.21. The number of rotatable bonds is 6. The zero-order valence-electron chi connectivity index (χ0n) is 16.7. The second-order valence-electron chi connectivity index (χ2n) is 9.14. The zero-order chi connectivity index (χ0) is 18.1. The van der Waals surface area contributed by atoms with Gasteiger partial charge in [-0.3, -0.25) is 5.10 Å². The van der Waals surface area contributed by atoms with Crippen molar-refractivity contribution in [1.82, 2.24) is 20.4 Å². The van der Waals surface area contributed by atoms with Crippen molar-refractivity contribution in [3.05, 3.63) is 17.0 Å². The number of nitrogens with one attached hydrogen (secondary N) is 2. The van der Waals surface area contributed by atoms with Gasteiger partial charge in [-0.25, -0.2) is 0 Å². The van der Waals surface area contributed by atoms with Crippen LogP contribution in [0, 0.1) is 12.3 Å². The second kappa shape index (κ2) is 7.37. The summed E-state index contributed by atoms with van der Waals surface area (Å²) >= 11 is 0. The molecule has 0 bridgehead atoms. The predicted molar refractivity (Wildman–Crippen MR) is 102 cm³/mol. The third-order valence-electron chi connectivity index (χ3n) is 6.13. The van der Waals surface area contributed by atoms with Crippen molar-refractivity contribution in [3.8, 4) is 0 Å². The van der Waals surface area contributed by atoms with E-state index in [0.29, 0.717) is 11.3 Å². The summed E-state index contributed by atoms with van der Waals surface area (Å²) in [5.74, 6) is 0.579. The molecule has 5 nitrogen and oxygen atoms in total. The van der Waals surface area contributed by atoms with Crippen molar-refractivity contribution in [3.63, 3.8) is 0 Å². The van der Waals surface area contributed by atoms with Crippen LogP contribution in [0.15, 0.2) is 0 Å². The van der Waals surface area contributed by atoms with Crippen molar-refractivity contribution < 1.29 is 4.74 Å². The summed E-state index contributed by atoms with van der Waals surface area (Å²) in [7, 11) is 4.20. The van der Waals surface area contributed by atoms with Crippen molar-refractivity contribution in [1.29, 1.82) is 0 Å². The van der Waals surface area contributed by atoms with Crippen LogP contribution >= 0.6 is 0 Å². The van der Waals surface area contributed by atoms with E-state index in [4.69, 9.17) is 9.84 Å². The highest BCUT2D eigenvalue weighted by molar-refractivity contribution is 5.28. The van der Waals surface area contributed by atoms with Crippen LogP contribution in [0.25, 0.3) is 0 Å². The van der Waals surface area contributed by atoms with Crippen LogP contribution < -0.4 is 5.32 Å². The van der Waals surface area contributed by atoms with E-state index in [-0.39, 0.29) is 5.60 Å². The average molecular weight is 349 g/mol. The van der Waals surface area contributed by atoms with Gasteiger partial charge in [0, 0.05) is 36.8 Å². The van der Waals surface area contributed by atoms with Crippen molar-refractivity contribution >= 4 is 0 Å². The van der Waals surface area contributed by atoms with E-state index in [1.807, 2.05) is 7.05 Å². The Morgan fingerprint density at radius 3 is 2.64 bits per heavy atom. The van der Waals surface area contributed by atoms with Crippen LogP contribution in [0.2, 0.25) is 0 Å². The molecule has 2 fully saturated rings. The number of aromatic nitrogens is 2. The lowest BCUT2D eigenvalue weighted by Crippen LogP contribution is -2.34. The Labute approximate surface area is 152 Å². The van der Waals surface area contributed by atoms with Gasteiger partial charge in [0.25, 0.3) is 0 Å². The van der Waals surface area contributed by atoms with Crippen LogP contribution in [-0.2, 0) is 11.3 Å². The second-order valence-corrected chi connectivity index (χ2v) is 9.14. The topological polar surface area (TPSA) is 53.2 Å². The molecule has 1 saturated carbocycles. The molecule has 0 aromatic carbocycles. The van der Waals surface area contributed by atoms with E-state index in [9.17, 15) is 0 Å². The first kappa shape index (κ1) is 18.9. The number of aryl methyl sites for hydroxylation is 1. The van der Waals surface area contributed by atoms with E-state index in [0.717, 1.165) is 26.2 Å². The molecule has 0 atom stereocenters. The van der Waals surface area contributed by atoms with Crippen LogP contribution in [0.1, 0.15) is 68.8 Å². The summed E-state index contributed by atoms with van der Waals surface area (Å²) < 4.78 is 6.28. The smallest absolute Gasteiger partial charge is 0.0700 e. The third kappa shape index (κ3) is 4.26. The fourth-order valence-corrected chi connectivity index (χ4v) is 4.72. The highest BCUT2D eigenvalue weighted by Gasteiger charge is 2.46. The molecular weight excluding hydrogens is 312 g/mol. The Morgan fingerprint density at radius 2 is 2.04 bits per heavy atom. The summed E-state index contributed by atoms with van der Waals surface area (Å²) in [6.45, 7) is 10.8. The van der Waals surface area contributed by atoms with E-state index in [1.54, 1.807) is 0 Å². The van der Waals surface area contributed by atoms with Crippen molar-refractivity contribution in [2.75, 3.05) is 33.8 Å². The zero-order valence-corrected chi connectivity index (χ0v) is 16.7. The van der Waals surface area contributed by atoms with Gasteiger partial charge < -0.3 is 15.0 Å². The number of hydrogen-bond donors (Lipinski definition) is 2. The Kier molecular flexibility index (Phi) is 5.57. The SMILES string of the molecule is CNCCN(C)Cc1c(C)[nH]nc1[C@H]1CC[C@]2(CC1)CC(C)(C)CO2. The van der Waals surface area contributed by atoms with E-state index >= 15 is 0 Å². The highest BCUT2D eigenvalue weighted by atomic mass is 16.5. The fourth-order valence-electron chi connectivity index (χ4n) is 4.72. The minimum atomic E-state index is 0.148. The lowest BCUT2D eigenvalue weighted by Gasteiger charge is -2.37. The van der Waals surface area contributed by atoms with E-state index in [2.05, 4.69) is 43.1 Å². The maximum absolute atomic E-state index is 6.28. The molecule has 1 aromatic rings. The molecule has 142 valence electrons. The van der Waals surface area contributed by atoms with Crippen LogP contribution in [0.4, 0.5) is 0 Å². The minimum Gasteiger partial charge on any atom is -0.374 e. The number of nitrogens with zero attached hydrogens (tertiary/aromatic N) is 2. The van der Waals surface area contributed by atoms with Crippen LogP contribution in [-0.4, -0.2) is 54.5 Å². The lowest BCUT2D eigenvalue weighted by molar-refractivity contribution is -0.0296. The highest BCUT2D eigenvalue weighted by Crippen LogP contribution is 2.50. The molecule has 2 aliphatic rings. The van der Waals surface area contributed by atoms with Crippen LogP contribution in [0.5, 0.6) is 0 Å². The minimum absolute atomic E-state index is 0.148. The number of ether oxygens (including phenoxy) is 1. The maximum Gasteiger partial charge on any atom is 0.0700 e. The standard InChI is InChI=1S/C20H36N4O/c1-15-17(12-24(5)11-10-21-4)18(23-22-15)16-6-8-20(9-7-16)13-19(2,3)14-25-20/h16,21H,6-14H2,1-5H3,(H,22,23)/t16-,20-. The Bertz CT molecular complexity index is 572. The summed E-state index contributed by atoms with van der Waals surface area (Å²) in [6, 6.07) is 0. The Balaban J connectivity index is 1.64. The molecule has 0 unspecified atom stereocenters. The molecule has 1 aliphatic heterocycles. The van der Waals surface area contributed by atoms with Gasteiger partial charge >= 0.3 is 0 Å². The van der Waals surface area contributed by atoms with Crippen molar-refractivity contribution in [2.45, 2.75) is 70.9 Å². The molecule has 3 rings (SSSR count). The van der Waals surface area contributed by atoms with Gasteiger partial charge in [0.2, 0.25) is 0 Å². The van der Waals surface area contributed by atoms with E-state index in [1.165, 1.54) is 49.1 Å². The molecule has 2 N–H and O–H groups in total. The third-order valence-corrected chi connectivity index (χ3v) is 6.13. The van der Waals surface area contributed by atoms with Gasteiger partial charge in [0.15, 0.2) is 0 Å². The summed E-state index contributed by atoms with van der Waals surface area (Å²) in [6.07, 6.45) is 5.98. The Morgan fingerprint density at radius 1 is 1.32 bits per heavy atom. The molecular formula is C20H36N4O. The first-order valence-corrected chi connectivity index (χ1v) is 9.85. The van der Waals surface area contributed by atoms with Gasteiger partial charge in [-0.2, -0.15) is 5.10 Å². The van der Waals surface area contributed by atoms with Crippen molar-refractivity contribution in [2.24, 2.45) is 5.41 Å². The fraction of sp³-hybridized carbons (Fsp3) is 0.850. The van der Waals surface area contributed by atoms with Gasteiger partial charge in [0.1, 0.15) is 0 Å². The lowest BCUT2D eigenvalue weighted by atomic mass is 9.72. The summed E-state index contributed by atoms with van der Waals surface area (Å²) in [5, 5.41) is 11.2. The molecule has 2 heterocycles. The normalized spacial score (nSPS) is 29.0. The van der Waals surface area contributed by atoms with Crippen LogP contribution in [0.3, 0.4) is 0 Å². The number of hydrogen-bond acceptors (Lipinski definition) is 4. The number of H-pyrrole nitrogens is 1. The molecule has 25 heavy (non-hydrogen) atoms.